The molecule has 0 spiro atoms. The molecule has 2 N–H and O–H groups in total. The van der Waals surface area contributed by atoms with E-state index in [1.807, 2.05) is 0 Å². The summed E-state index contributed by atoms with van der Waals surface area (Å²) in [6.45, 7) is 1.80. The maximum absolute atomic E-state index is 12.8. The number of hydrogen-bond donors (Lipinski definition) is 1. The number of halogens is 2. The van der Waals surface area contributed by atoms with Gasteiger partial charge < -0.3 is 10.6 Å². The van der Waals surface area contributed by atoms with Gasteiger partial charge in [0.2, 0.25) is 0 Å². The molecule has 1 saturated heterocycles. The van der Waals surface area contributed by atoms with Gasteiger partial charge in [-0.3, -0.25) is 0 Å². The number of rotatable bonds is 1. The number of benzene rings is 1. The van der Waals surface area contributed by atoms with Crippen LogP contribution < -0.4 is 10.6 Å². The van der Waals surface area contributed by atoms with Gasteiger partial charge in [-0.2, -0.15) is 0 Å². The molecule has 76 valence electrons. The van der Waals surface area contributed by atoms with Gasteiger partial charge in [-0.25, -0.2) is 4.39 Å². The maximum atomic E-state index is 12.8. The van der Waals surface area contributed by atoms with Crippen LogP contribution in [-0.4, -0.2) is 19.1 Å². The summed E-state index contributed by atoms with van der Waals surface area (Å²) in [4.78, 5) is 2.17. The quantitative estimate of drug-likeness (QED) is 0.837. The molecule has 1 heterocycles. The molecule has 0 aliphatic carbocycles. The minimum atomic E-state index is -0.218. The first-order valence-electron chi connectivity index (χ1n) is 4.62. The molecule has 1 aromatic carbocycles. The highest BCUT2D eigenvalue weighted by Crippen LogP contribution is 2.29. The topological polar surface area (TPSA) is 29.3 Å². The highest BCUT2D eigenvalue weighted by molar-refractivity contribution is 9.10. The van der Waals surface area contributed by atoms with E-state index in [9.17, 15) is 4.39 Å². The highest BCUT2D eigenvalue weighted by Gasteiger charge is 2.20. The Kier molecular flexibility index (Phi) is 2.74. The molecule has 1 aliphatic heterocycles. The summed E-state index contributed by atoms with van der Waals surface area (Å²) in [7, 11) is 0. The lowest BCUT2D eigenvalue weighted by molar-refractivity contribution is 0.626. The van der Waals surface area contributed by atoms with Crippen molar-refractivity contribution in [2.75, 3.05) is 18.0 Å². The second-order valence-electron chi connectivity index (χ2n) is 3.59. The Hall–Kier alpha value is -0.610. The van der Waals surface area contributed by atoms with Crippen molar-refractivity contribution in [2.45, 2.75) is 12.5 Å². The number of hydrogen-bond acceptors (Lipinski definition) is 2. The number of nitrogens with zero attached hydrogens (tertiary/aromatic N) is 1. The normalized spacial score (nSPS) is 21.6. The summed E-state index contributed by atoms with van der Waals surface area (Å²) in [5, 5.41) is 0. The molecule has 0 radical (unpaired) electrons. The standard InChI is InChI=1S/C10H12BrFN2/c11-9-5-7(12)1-2-10(9)14-4-3-8(13)6-14/h1-2,5,8H,3-4,6,13H2. The summed E-state index contributed by atoms with van der Waals surface area (Å²) in [6.07, 6.45) is 1.00. The summed E-state index contributed by atoms with van der Waals surface area (Å²) >= 11 is 3.35. The lowest BCUT2D eigenvalue weighted by atomic mass is 10.3. The average molecular weight is 259 g/mol. The molecule has 0 bridgehead atoms. The van der Waals surface area contributed by atoms with E-state index in [2.05, 4.69) is 20.8 Å². The molecule has 4 heteroatoms. The molecule has 1 atom stereocenters. The Balaban J connectivity index is 2.24. The van der Waals surface area contributed by atoms with E-state index in [4.69, 9.17) is 5.73 Å². The third kappa shape index (κ3) is 1.91. The Morgan fingerprint density at radius 3 is 2.86 bits per heavy atom. The maximum Gasteiger partial charge on any atom is 0.124 e. The molecule has 14 heavy (non-hydrogen) atoms. The number of nitrogens with two attached hydrogens (primary N) is 1. The summed E-state index contributed by atoms with van der Waals surface area (Å²) in [6, 6.07) is 4.99. The molecule has 1 fully saturated rings. The molecule has 1 unspecified atom stereocenters. The lowest BCUT2D eigenvalue weighted by Crippen LogP contribution is -2.26. The third-order valence-corrected chi connectivity index (χ3v) is 3.11. The molecular formula is C10H12BrFN2. The Morgan fingerprint density at radius 2 is 2.29 bits per heavy atom. The monoisotopic (exact) mass is 258 g/mol. The van der Waals surface area contributed by atoms with Crippen molar-refractivity contribution >= 4 is 21.6 Å². The minimum absolute atomic E-state index is 0.218. The first-order valence-corrected chi connectivity index (χ1v) is 5.41. The van der Waals surface area contributed by atoms with Crippen LogP contribution in [0, 0.1) is 5.82 Å². The second kappa shape index (κ2) is 3.87. The molecule has 0 amide bonds. The second-order valence-corrected chi connectivity index (χ2v) is 4.44. The van der Waals surface area contributed by atoms with E-state index in [0.29, 0.717) is 0 Å². The van der Waals surface area contributed by atoms with E-state index in [1.54, 1.807) is 6.07 Å². The molecular weight excluding hydrogens is 247 g/mol. The largest absolute Gasteiger partial charge is 0.369 e. The third-order valence-electron chi connectivity index (χ3n) is 2.48. The molecule has 2 rings (SSSR count). The van der Waals surface area contributed by atoms with Crippen LogP contribution in [0.25, 0.3) is 0 Å². The summed E-state index contributed by atoms with van der Waals surface area (Å²) in [5.74, 6) is -0.218. The van der Waals surface area contributed by atoms with Gasteiger partial charge in [0.25, 0.3) is 0 Å². The van der Waals surface area contributed by atoms with E-state index in [0.717, 1.165) is 29.7 Å². The zero-order valence-corrected chi connectivity index (χ0v) is 9.30. The zero-order valence-electron chi connectivity index (χ0n) is 7.71. The summed E-state index contributed by atoms with van der Waals surface area (Å²) in [5.41, 5.74) is 6.84. The Labute approximate surface area is 91.0 Å². The predicted molar refractivity (Wildman–Crippen MR) is 58.9 cm³/mol. The van der Waals surface area contributed by atoms with Crippen molar-refractivity contribution in [1.29, 1.82) is 0 Å². The highest BCUT2D eigenvalue weighted by atomic mass is 79.9. The van der Waals surface area contributed by atoms with E-state index in [1.165, 1.54) is 12.1 Å². The van der Waals surface area contributed by atoms with Gasteiger partial charge in [0.15, 0.2) is 0 Å². The first-order chi connectivity index (χ1) is 6.66. The van der Waals surface area contributed by atoms with Crippen molar-refractivity contribution in [3.63, 3.8) is 0 Å². The van der Waals surface area contributed by atoms with E-state index in [-0.39, 0.29) is 11.9 Å². The van der Waals surface area contributed by atoms with Crippen LogP contribution in [0.2, 0.25) is 0 Å². The SMILES string of the molecule is NC1CCN(c2ccc(F)cc2Br)C1. The lowest BCUT2D eigenvalue weighted by Gasteiger charge is -2.19. The number of anilines is 1. The molecule has 1 aromatic rings. The molecule has 2 nitrogen and oxygen atoms in total. The smallest absolute Gasteiger partial charge is 0.124 e. The summed E-state index contributed by atoms with van der Waals surface area (Å²) < 4.78 is 13.6. The van der Waals surface area contributed by atoms with Crippen molar-refractivity contribution in [2.24, 2.45) is 5.73 Å². The minimum Gasteiger partial charge on any atom is -0.369 e. The van der Waals surface area contributed by atoms with Crippen LogP contribution in [0.15, 0.2) is 22.7 Å². The van der Waals surface area contributed by atoms with Crippen LogP contribution in [0.3, 0.4) is 0 Å². The van der Waals surface area contributed by atoms with E-state index >= 15 is 0 Å². The van der Waals surface area contributed by atoms with Gasteiger partial charge in [-0.05, 0) is 40.5 Å². The van der Waals surface area contributed by atoms with Crippen LogP contribution >= 0.6 is 15.9 Å². The fourth-order valence-electron chi connectivity index (χ4n) is 1.74. The Bertz CT molecular complexity index is 343. The Morgan fingerprint density at radius 1 is 1.50 bits per heavy atom. The van der Waals surface area contributed by atoms with Gasteiger partial charge in [0.05, 0.1) is 5.69 Å². The van der Waals surface area contributed by atoms with Gasteiger partial charge in [-0.15, -0.1) is 0 Å². The first kappa shape index (κ1) is 9.93. The average Bonchev–Trinajstić information content (AvgIpc) is 2.51. The molecule has 1 aliphatic rings. The van der Waals surface area contributed by atoms with Crippen molar-refractivity contribution < 1.29 is 4.39 Å². The van der Waals surface area contributed by atoms with E-state index < -0.39 is 0 Å². The van der Waals surface area contributed by atoms with Gasteiger partial charge in [0, 0.05) is 23.6 Å². The molecule has 0 saturated carbocycles. The van der Waals surface area contributed by atoms with Crippen LogP contribution in [0.4, 0.5) is 10.1 Å². The predicted octanol–water partition coefficient (Wildman–Crippen LogP) is 2.13. The fraction of sp³-hybridized carbons (Fsp3) is 0.400. The van der Waals surface area contributed by atoms with Crippen molar-refractivity contribution in [1.82, 2.24) is 0 Å². The van der Waals surface area contributed by atoms with Crippen molar-refractivity contribution in [3.05, 3.63) is 28.5 Å². The van der Waals surface area contributed by atoms with Crippen LogP contribution in [0.1, 0.15) is 6.42 Å². The van der Waals surface area contributed by atoms with Gasteiger partial charge >= 0.3 is 0 Å². The molecule has 0 aromatic heterocycles. The van der Waals surface area contributed by atoms with Crippen LogP contribution in [-0.2, 0) is 0 Å². The fourth-order valence-corrected chi connectivity index (χ4v) is 2.35. The van der Waals surface area contributed by atoms with Gasteiger partial charge in [-0.1, -0.05) is 0 Å². The van der Waals surface area contributed by atoms with Crippen LogP contribution in [0.5, 0.6) is 0 Å². The van der Waals surface area contributed by atoms with Crippen molar-refractivity contribution in [3.8, 4) is 0 Å². The van der Waals surface area contributed by atoms with Gasteiger partial charge in [0.1, 0.15) is 5.82 Å². The zero-order chi connectivity index (χ0) is 10.1.